The third kappa shape index (κ3) is 3.60. The Kier molecular flexibility index (Phi) is 5.48. The maximum absolute atomic E-state index is 14.1. The molecular formula is C23H14F2N2O. The van der Waals surface area contributed by atoms with Gasteiger partial charge in [0.2, 0.25) is 0 Å². The van der Waals surface area contributed by atoms with Crippen LogP contribution >= 0.6 is 0 Å². The van der Waals surface area contributed by atoms with E-state index in [2.05, 4.69) is 0 Å². The minimum atomic E-state index is -0.700. The van der Waals surface area contributed by atoms with Gasteiger partial charge < -0.3 is 4.74 Å². The summed E-state index contributed by atoms with van der Waals surface area (Å²) in [6.45, 7) is 1.68. The molecule has 0 unspecified atom stereocenters. The Hall–Kier alpha value is -3.96. The molecule has 3 rings (SSSR count). The third-order valence-electron chi connectivity index (χ3n) is 4.21. The van der Waals surface area contributed by atoms with E-state index in [9.17, 15) is 19.3 Å². The molecule has 0 radical (unpaired) electrons. The molecule has 0 fully saturated rings. The predicted molar refractivity (Wildman–Crippen MR) is 102 cm³/mol. The van der Waals surface area contributed by atoms with E-state index in [1.165, 1.54) is 30.3 Å². The van der Waals surface area contributed by atoms with Gasteiger partial charge in [0.25, 0.3) is 0 Å². The maximum atomic E-state index is 14.1. The molecule has 0 spiro atoms. The average molecular weight is 372 g/mol. The predicted octanol–water partition coefficient (Wildman–Crippen LogP) is 5.68. The summed E-state index contributed by atoms with van der Waals surface area (Å²) in [6, 6.07) is 21.0. The Labute approximate surface area is 161 Å². The molecule has 5 heteroatoms. The molecule has 3 nitrogen and oxygen atoms in total. The number of rotatable bonds is 4. The van der Waals surface area contributed by atoms with Crippen LogP contribution in [-0.2, 0) is 0 Å². The van der Waals surface area contributed by atoms with E-state index in [-0.39, 0.29) is 16.9 Å². The van der Waals surface area contributed by atoms with Gasteiger partial charge in [-0.15, -0.1) is 0 Å². The second kappa shape index (κ2) is 8.16. The van der Waals surface area contributed by atoms with E-state index in [0.717, 1.165) is 0 Å². The van der Waals surface area contributed by atoms with Gasteiger partial charge in [-0.25, -0.2) is 8.78 Å². The number of nitrogens with zero attached hydrogens (tertiary/aromatic N) is 2. The highest BCUT2D eigenvalue weighted by molar-refractivity contribution is 5.89. The Morgan fingerprint density at radius 2 is 1.39 bits per heavy atom. The normalized spacial score (nSPS) is 11.2. The lowest BCUT2D eigenvalue weighted by Gasteiger charge is -2.16. The van der Waals surface area contributed by atoms with Crippen molar-refractivity contribution in [1.82, 2.24) is 0 Å². The zero-order valence-electron chi connectivity index (χ0n) is 14.9. The second-order valence-corrected chi connectivity index (χ2v) is 5.92. The number of ether oxygens (including phenoxy) is 1. The van der Waals surface area contributed by atoms with Gasteiger partial charge in [-0.1, -0.05) is 48.5 Å². The minimum Gasteiger partial charge on any atom is -0.455 e. The molecule has 0 aliphatic heterocycles. The number of hydrogen-bond acceptors (Lipinski definition) is 3. The lowest BCUT2D eigenvalue weighted by Crippen LogP contribution is -2.02. The van der Waals surface area contributed by atoms with Crippen LogP contribution in [0.2, 0.25) is 0 Å². The Morgan fingerprint density at radius 1 is 0.786 bits per heavy atom. The highest BCUT2D eigenvalue weighted by Gasteiger charge is 2.18. The van der Waals surface area contributed by atoms with Crippen LogP contribution in [0.25, 0.3) is 11.3 Å². The van der Waals surface area contributed by atoms with Gasteiger partial charge in [0.1, 0.15) is 40.8 Å². The first-order chi connectivity index (χ1) is 13.6. The Morgan fingerprint density at radius 3 is 2.04 bits per heavy atom. The van der Waals surface area contributed by atoms with Crippen LogP contribution in [0.1, 0.15) is 29.2 Å². The minimum absolute atomic E-state index is 0.0376. The topological polar surface area (TPSA) is 56.8 Å². The van der Waals surface area contributed by atoms with Crippen LogP contribution in [-0.4, -0.2) is 0 Å². The molecule has 0 N–H and O–H groups in total. The van der Waals surface area contributed by atoms with Gasteiger partial charge in [-0.2, -0.15) is 10.5 Å². The molecule has 136 valence electrons. The Bertz CT molecular complexity index is 1140. The number of allylic oxidation sites excluding steroid dienone is 1. The van der Waals surface area contributed by atoms with Crippen LogP contribution in [0.15, 0.2) is 66.7 Å². The van der Waals surface area contributed by atoms with Crippen molar-refractivity contribution in [2.75, 3.05) is 0 Å². The molecule has 0 atom stereocenters. The van der Waals surface area contributed by atoms with Crippen LogP contribution < -0.4 is 4.74 Å². The molecule has 3 aromatic carbocycles. The van der Waals surface area contributed by atoms with Crippen LogP contribution in [0.3, 0.4) is 0 Å². The summed E-state index contributed by atoms with van der Waals surface area (Å²) in [4.78, 5) is 0. The van der Waals surface area contributed by atoms with Crippen molar-refractivity contribution in [3.05, 3.63) is 101 Å². The lowest BCUT2D eigenvalue weighted by atomic mass is 9.97. The van der Waals surface area contributed by atoms with E-state index in [4.69, 9.17) is 4.74 Å². The average Bonchev–Trinajstić information content (AvgIpc) is 2.72. The fourth-order valence-corrected chi connectivity index (χ4v) is 2.82. The van der Waals surface area contributed by atoms with Crippen LogP contribution in [0, 0.1) is 34.3 Å². The van der Waals surface area contributed by atoms with E-state index >= 15 is 0 Å². The van der Waals surface area contributed by atoms with Crippen molar-refractivity contribution in [1.29, 1.82) is 10.5 Å². The van der Waals surface area contributed by atoms with Crippen molar-refractivity contribution >= 4 is 11.3 Å². The maximum Gasteiger partial charge on any atom is 0.148 e. The van der Waals surface area contributed by atoms with Crippen molar-refractivity contribution in [3.8, 4) is 17.9 Å². The van der Waals surface area contributed by atoms with Gasteiger partial charge in [-0.05, 0) is 25.1 Å². The summed E-state index contributed by atoms with van der Waals surface area (Å²) in [5, 5.41) is 18.6. The number of benzene rings is 3. The van der Waals surface area contributed by atoms with Crippen LogP contribution in [0.4, 0.5) is 8.78 Å². The van der Waals surface area contributed by atoms with Gasteiger partial charge in [0.05, 0.1) is 5.56 Å². The van der Waals surface area contributed by atoms with Crippen molar-refractivity contribution in [2.45, 2.75) is 6.92 Å². The first-order valence-corrected chi connectivity index (χ1v) is 8.38. The summed E-state index contributed by atoms with van der Waals surface area (Å²) in [7, 11) is 0. The molecule has 0 aliphatic rings. The van der Waals surface area contributed by atoms with Gasteiger partial charge in [0, 0.05) is 16.7 Å². The van der Waals surface area contributed by atoms with Gasteiger partial charge >= 0.3 is 0 Å². The van der Waals surface area contributed by atoms with E-state index < -0.39 is 11.6 Å². The summed E-state index contributed by atoms with van der Waals surface area (Å²) in [5.41, 5.74) is 1.13. The molecule has 0 aromatic heterocycles. The standard InChI is InChI=1S/C23H14F2N2O/c1-15(17-9-5-10-20(24)18(17)13-26)23(16-7-3-2-4-8-16)28-22-12-6-11-21(25)19(22)14-27/h2-12H,1H3/b23-15+. The molecule has 0 bridgehead atoms. The number of nitriles is 2. The molecule has 0 saturated heterocycles. The lowest BCUT2D eigenvalue weighted by molar-refractivity contribution is 0.505. The monoisotopic (exact) mass is 372 g/mol. The molecule has 0 heterocycles. The largest absolute Gasteiger partial charge is 0.455 e. The van der Waals surface area contributed by atoms with Crippen molar-refractivity contribution in [2.24, 2.45) is 0 Å². The van der Waals surface area contributed by atoms with Crippen molar-refractivity contribution in [3.63, 3.8) is 0 Å². The molecule has 3 aromatic rings. The highest BCUT2D eigenvalue weighted by Crippen LogP contribution is 2.33. The third-order valence-corrected chi connectivity index (χ3v) is 4.21. The van der Waals surface area contributed by atoms with E-state index in [1.54, 1.807) is 43.3 Å². The van der Waals surface area contributed by atoms with E-state index in [0.29, 0.717) is 22.5 Å². The fourth-order valence-electron chi connectivity index (χ4n) is 2.82. The smallest absolute Gasteiger partial charge is 0.148 e. The van der Waals surface area contributed by atoms with E-state index in [1.807, 2.05) is 12.1 Å². The first-order valence-electron chi connectivity index (χ1n) is 8.38. The summed E-state index contributed by atoms with van der Waals surface area (Å²) in [6.07, 6.45) is 0. The Balaban J connectivity index is 2.24. The quantitative estimate of drug-likeness (QED) is 0.438. The first kappa shape index (κ1) is 18.8. The fraction of sp³-hybridized carbons (Fsp3) is 0.0435. The zero-order chi connectivity index (χ0) is 20.1. The summed E-state index contributed by atoms with van der Waals surface area (Å²) in [5.74, 6) is -1.01. The molecule has 0 saturated carbocycles. The van der Waals surface area contributed by atoms with Gasteiger partial charge in [-0.3, -0.25) is 0 Å². The summed E-state index contributed by atoms with van der Waals surface area (Å²) >= 11 is 0. The van der Waals surface area contributed by atoms with Crippen LogP contribution in [0.5, 0.6) is 5.75 Å². The zero-order valence-corrected chi connectivity index (χ0v) is 14.9. The molecule has 0 aliphatic carbocycles. The molecular weight excluding hydrogens is 358 g/mol. The summed E-state index contributed by atoms with van der Waals surface area (Å²) < 4.78 is 34.0. The number of hydrogen-bond donors (Lipinski definition) is 0. The highest BCUT2D eigenvalue weighted by atomic mass is 19.1. The molecule has 28 heavy (non-hydrogen) atoms. The second-order valence-electron chi connectivity index (χ2n) is 5.92. The number of halogens is 2. The van der Waals surface area contributed by atoms with Gasteiger partial charge in [0.15, 0.2) is 0 Å². The van der Waals surface area contributed by atoms with Crippen molar-refractivity contribution < 1.29 is 13.5 Å². The SMILES string of the molecule is C/C(=C(\Oc1cccc(F)c1C#N)c1ccccc1)c1cccc(F)c1C#N. The molecule has 0 amide bonds.